The van der Waals surface area contributed by atoms with Crippen molar-refractivity contribution in [3.8, 4) is 0 Å². The Balaban J connectivity index is 0. The Morgan fingerprint density at radius 2 is 2.00 bits per heavy atom. The zero-order chi connectivity index (χ0) is 12.4. The molecule has 0 spiro atoms. The molecule has 1 atom stereocenters. The maximum Gasteiger partial charge on any atom is 0.272 e. The molecule has 2 nitrogen and oxygen atoms in total. The molecule has 1 aromatic carbocycles. The molecule has 17 heavy (non-hydrogen) atoms. The summed E-state index contributed by atoms with van der Waals surface area (Å²) in [5, 5.41) is 8.08. The van der Waals surface area contributed by atoms with Gasteiger partial charge in [-0.1, -0.05) is 43.7 Å². The first kappa shape index (κ1) is 19.6. The number of benzene rings is 1. The molecule has 1 aromatic rings. The van der Waals surface area contributed by atoms with Crippen molar-refractivity contribution in [2.75, 3.05) is 0 Å². The van der Waals surface area contributed by atoms with Crippen LogP contribution < -0.4 is 0 Å². The molecule has 1 radical (unpaired) electrons. The van der Waals surface area contributed by atoms with E-state index in [-0.39, 0.29) is 39.1 Å². The molecular formula is C12H14O2S2Y-2. The van der Waals surface area contributed by atoms with Gasteiger partial charge in [0.05, 0.1) is 0 Å². The van der Waals surface area contributed by atoms with E-state index in [9.17, 15) is 4.79 Å². The summed E-state index contributed by atoms with van der Waals surface area (Å²) in [4.78, 5) is 9.31. The second kappa shape index (κ2) is 12.7. The number of carbonyl (C=O) groups is 1. The Labute approximate surface area is 137 Å². The zero-order valence-electron chi connectivity index (χ0n) is 9.63. The van der Waals surface area contributed by atoms with Crippen LogP contribution in [0.2, 0.25) is 0 Å². The summed E-state index contributed by atoms with van der Waals surface area (Å²) in [6, 6.07) is 10.3. The predicted octanol–water partition coefficient (Wildman–Crippen LogP) is 3.61. The van der Waals surface area contributed by atoms with Gasteiger partial charge in [0.15, 0.2) is 0 Å². The van der Waals surface area contributed by atoms with Crippen LogP contribution in [0.1, 0.15) is 24.2 Å². The number of hydrogen-bond acceptors (Lipinski definition) is 3. The molecule has 0 fully saturated rings. The van der Waals surface area contributed by atoms with E-state index in [1.54, 1.807) is 11.8 Å². The Kier molecular flexibility index (Phi) is 14.6. The van der Waals surface area contributed by atoms with Crippen LogP contribution in [0.15, 0.2) is 30.3 Å². The van der Waals surface area contributed by atoms with Crippen molar-refractivity contribution in [1.82, 2.24) is 0 Å². The number of carboxylic acids is 1. The van der Waals surface area contributed by atoms with Crippen molar-refractivity contribution < 1.29 is 42.6 Å². The first-order chi connectivity index (χ1) is 7.61. The maximum atomic E-state index is 9.31. The summed E-state index contributed by atoms with van der Waals surface area (Å²) in [6.07, 6.45) is -0.0278. The summed E-state index contributed by atoms with van der Waals surface area (Å²) in [5.41, 5.74) is 1.30. The average molecular weight is 343 g/mol. The predicted molar refractivity (Wildman–Crippen MR) is 72.7 cm³/mol. The Hall–Kier alpha value is 0.234. The molecule has 0 aliphatic heterocycles. The largest absolute Gasteiger partial charge is 0.483 e. The molecular weight excluding hydrogens is 329 g/mol. The second-order valence-electron chi connectivity index (χ2n) is 2.90. The molecule has 0 saturated heterocycles. The van der Waals surface area contributed by atoms with Crippen LogP contribution in [-0.4, -0.2) is 15.8 Å². The van der Waals surface area contributed by atoms with Gasteiger partial charge in [0.1, 0.15) is 0 Å². The third-order valence-electron chi connectivity index (χ3n) is 1.71. The summed E-state index contributed by atoms with van der Waals surface area (Å²) in [5.74, 6) is -0.856. The molecule has 0 amide bonds. The molecule has 0 aliphatic rings. The summed E-state index contributed by atoms with van der Waals surface area (Å²) < 4.78 is 2.67. The fraction of sp³-hybridized carbons (Fsp3) is 0.250. The van der Waals surface area contributed by atoms with Crippen LogP contribution in [0.4, 0.5) is 0 Å². The van der Waals surface area contributed by atoms with Gasteiger partial charge in [0.25, 0.3) is 5.97 Å². The average Bonchev–Trinajstić information content (AvgIpc) is 2.31. The number of thiocarbonyl (C=S) groups is 1. The molecule has 91 valence electrons. The maximum absolute atomic E-state index is 9.31. The van der Waals surface area contributed by atoms with E-state index in [0.29, 0.717) is 5.25 Å². The summed E-state index contributed by atoms with van der Waals surface area (Å²) in [7, 11) is 0. The summed E-state index contributed by atoms with van der Waals surface area (Å²) in [6.45, 7) is 5.21. The topological polar surface area (TPSA) is 37.3 Å². The van der Waals surface area contributed by atoms with Crippen LogP contribution in [0, 0.1) is 6.92 Å². The normalized spacial score (nSPS) is 10.2. The third-order valence-corrected chi connectivity index (χ3v) is 2.72. The third kappa shape index (κ3) is 11.1. The van der Waals surface area contributed by atoms with Crippen LogP contribution in [-0.2, 0) is 37.5 Å². The van der Waals surface area contributed by atoms with Crippen LogP contribution in [0.3, 0.4) is 0 Å². The zero-order valence-corrected chi connectivity index (χ0v) is 14.1. The Morgan fingerprint density at radius 1 is 1.53 bits per heavy atom. The monoisotopic (exact) mass is 343 g/mol. The van der Waals surface area contributed by atoms with Gasteiger partial charge in [-0.3, -0.25) is 4.79 Å². The number of aliphatic carboxylic acids is 1. The van der Waals surface area contributed by atoms with E-state index < -0.39 is 5.97 Å². The van der Waals surface area contributed by atoms with E-state index in [1.807, 2.05) is 18.2 Å². The van der Waals surface area contributed by atoms with Crippen molar-refractivity contribution in [2.24, 2.45) is 0 Å². The first-order valence-corrected chi connectivity index (χ1v) is 5.99. The van der Waals surface area contributed by atoms with E-state index in [1.165, 1.54) is 5.56 Å². The van der Waals surface area contributed by atoms with Gasteiger partial charge in [-0.05, 0) is 10.8 Å². The van der Waals surface area contributed by atoms with E-state index in [0.717, 1.165) is 0 Å². The van der Waals surface area contributed by atoms with Crippen molar-refractivity contribution in [2.45, 2.75) is 18.6 Å². The fourth-order valence-electron chi connectivity index (χ4n) is 0.864. The number of carboxylic acid groups (broad SMARTS) is 1. The molecule has 0 heterocycles. The van der Waals surface area contributed by atoms with Crippen molar-refractivity contribution in [1.29, 1.82) is 0 Å². The quantitative estimate of drug-likeness (QED) is 0.669. The minimum absolute atomic E-state index is 0. The minimum atomic E-state index is -0.856. The van der Waals surface area contributed by atoms with Crippen LogP contribution in [0.5, 0.6) is 0 Å². The van der Waals surface area contributed by atoms with Gasteiger partial charge >= 0.3 is 0 Å². The van der Waals surface area contributed by atoms with Gasteiger partial charge < -0.3 is 40.7 Å². The van der Waals surface area contributed by atoms with Crippen LogP contribution in [0.25, 0.3) is 0 Å². The Bertz CT molecular complexity index is 318. The minimum Gasteiger partial charge on any atom is -0.483 e. The molecule has 1 N–H and O–H groups in total. The molecule has 0 saturated carbocycles. The summed E-state index contributed by atoms with van der Waals surface area (Å²) >= 11 is 6.19. The molecule has 1 rings (SSSR count). The van der Waals surface area contributed by atoms with Crippen molar-refractivity contribution in [3.63, 3.8) is 0 Å². The van der Waals surface area contributed by atoms with Crippen molar-refractivity contribution >= 4 is 34.6 Å². The number of thioether (sulfide) groups is 1. The molecule has 0 aliphatic carbocycles. The fourth-order valence-corrected chi connectivity index (χ4v) is 1.73. The molecule has 0 bridgehead atoms. The van der Waals surface area contributed by atoms with E-state index >= 15 is 0 Å². The number of rotatable bonds is 4. The van der Waals surface area contributed by atoms with E-state index in [2.05, 4.69) is 42.9 Å². The van der Waals surface area contributed by atoms with Gasteiger partial charge in [0.2, 0.25) is 0 Å². The SMILES string of the molecule is CC(S[C-]=S)c1ccccc1.[CH2-]CC(=O)O.[Y]. The van der Waals surface area contributed by atoms with Gasteiger partial charge in [0, 0.05) is 32.7 Å². The second-order valence-corrected chi connectivity index (χ2v) is 4.51. The number of hydrogen-bond donors (Lipinski definition) is 1. The van der Waals surface area contributed by atoms with Crippen LogP contribution >= 0.6 is 24.0 Å². The van der Waals surface area contributed by atoms with Gasteiger partial charge in [-0.15, -0.1) is 0 Å². The smallest absolute Gasteiger partial charge is 0.272 e. The molecule has 5 heteroatoms. The standard InChI is InChI=1S/C9H9S2.C3H5O2.Y/c1-8(11-7-10)9-5-3-2-4-6-9;1-2-3(4)5;/h2-6,8H,1H3;1-2H2,(H,4,5);/q2*-1;. The first-order valence-electron chi connectivity index (χ1n) is 4.70. The van der Waals surface area contributed by atoms with E-state index in [4.69, 9.17) is 5.11 Å². The van der Waals surface area contributed by atoms with Gasteiger partial charge in [-0.2, -0.15) is 0 Å². The van der Waals surface area contributed by atoms with Crippen molar-refractivity contribution in [3.05, 3.63) is 42.8 Å². The Morgan fingerprint density at radius 3 is 2.35 bits per heavy atom. The van der Waals surface area contributed by atoms with Gasteiger partial charge in [-0.25, -0.2) is 0 Å². The molecule has 1 unspecified atom stereocenters. The molecule has 0 aromatic heterocycles.